The summed E-state index contributed by atoms with van der Waals surface area (Å²) >= 11 is 5.85. The average Bonchev–Trinajstić information content (AvgIpc) is 2.52. The van der Waals surface area contributed by atoms with E-state index >= 15 is 0 Å². The number of aliphatic carboxylic acids is 1. The van der Waals surface area contributed by atoms with E-state index in [1.54, 1.807) is 24.3 Å². The van der Waals surface area contributed by atoms with Crippen LogP contribution >= 0.6 is 11.6 Å². The van der Waals surface area contributed by atoms with E-state index < -0.39 is 11.9 Å². The van der Waals surface area contributed by atoms with Crippen molar-refractivity contribution in [3.8, 4) is 5.75 Å². The first-order chi connectivity index (χ1) is 10.6. The van der Waals surface area contributed by atoms with Crippen molar-refractivity contribution in [2.75, 3.05) is 6.61 Å². The summed E-state index contributed by atoms with van der Waals surface area (Å²) in [4.78, 5) is 11.5. The van der Waals surface area contributed by atoms with Gasteiger partial charge in [0.25, 0.3) is 0 Å². The maximum atomic E-state index is 11.5. The van der Waals surface area contributed by atoms with Gasteiger partial charge in [0.1, 0.15) is 5.75 Å². The molecule has 2 aromatic rings. The van der Waals surface area contributed by atoms with Crippen LogP contribution in [0.25, 0.3) is 0 Å². The highest BCUT2D eigenvalue weighted by molar-refractivity contribution is 6.30. The third-order valence-corrected chi connectivity index (χ3v) is 3.66. The minimum Gasteiger partial charge on any atom is -0.494 e. The summed E-state index contributed by atoms with van der Waals surface area (Å²) in [5.41, 5.74) is 1.72. The minimum absolute atomic E-state index is 0.436. The fourth-order valence-corrected chi connectivity index (χ4v) is 2.35. The number of carboxylic acid groups (broad SMARTS) is 1. The number of carbonyl (C=O) groups is 1. The molecule has 4 heteroatoms. The molecule has 0 spiro atoms. The monoisotopic (exact) mass is 318 g/mol. The Kier molecular flexibility index (Phi) is 5.84. The summed E-state index contributed by atoms with van der Waals surface area (Å²) in [6.07, 6.45) is 1.39. The molecule has 2 rings (SSSR count). The standard InChI is InChI=1S/C18H19ClO3/c1-2-11-22-16-9-3-13(4-10-16)12-17(18(20)21)14-5-7-15(19)8-6-14/h3-10,17H,2,11-12H2,1H3,(H,20,21). The van der Waals surface area contributed by atoms with Gasteiger partial charge in [0.15, 0.2) is 0 Å². The topological polar surface area (TPSA) is 46.5 Å². The summed E-state index contributed by atoms with van der Waals surface area (Å²) in [6.45, 7) is 2.74. The number of hydrogen-bond donors (Lipinski definition) is 1. The lowest BCUT2D eigenvalue weighted by atomic mass is 9.92. The van der Waals surface area contributed by atoms with Crippen LogP contribution in [0.5, 0.6) is 5.75 Å². The summed E-state index contributed by atoms with van der Waals surface area (Å²) in [7, 11) is 0. The number of hydrogen-bond acceptors (Lipinski definition) is 2. The lowest BCUT2D eigenvalue weighted by molar-refractivity contribution is -0.138. The Hall–Kier alpha value is -2.00. The zero-order chi connectivity index (χ0) is 15.9. The molecule has 0 bridgehead atoms. The highest BCUT2D eigenvalue weighted by atomic mass is 35.5. The van der Waals surface area contributed by atoms with Gasteiger partial charge in [0.05, 0.1) is 12.5 Å². The van der Waals surface area contributed by atoms with E-state index in [2.05, 4.69) is 6.92 Å². The molecule has 0 aliphatic carbocycles. The Bertz CT molecular complexity index is 605. The fraction of sp³-hybridized carbons (Fsp3) is 0.278. The van der Waals surface area contributed by atoms with Crippen molar-refractivity contribution >= 4 is 17.6 Å². The molecular weight excluding hydrogens is 300 g/mol. The molecule has 0 heterocycles. The molecule has 0 saturated carbocycles. The van der Waals surface area contributed by atoms with Crippen molar-refractivity contribution in [3.63, 3.8) is 0 Å². The van der Waals surface area contributed by atoms with Crippen LogP contribution in [0.15, 0.2) is 48.5 Å². The van der Waals surface area contributed by atoms with Crippen molar-refractivity contribution in [3.05, 3.63) is 64.7 Å². The van der Waals surface area contributed by atoms with Crippen LogP contribution in [-0.4, -0.2) is 17.7 Å². The number of ether oxygens (including phenoxy) is 1. The second-order valence-corrected chi connectivity index (χ2v) is 5.58. The first kappa shape index (κ1) is 16.4. The number of rotatable bonds is 7. The van der Waals surface area contributed by atoms with Gasteiger partial charge in [0, 0.05) is 5.02 Å². The van der Waals surface area contributed by atoms with Crippen molar-refractivity contribution in [2.45, 2.75) is 25.7 Å². The number of halogens is 1. The van der Waals surface area contributed by atoms with E-state index in [-0.39, 0.29) is 0 Å². The molecular formula is C18H19ClO3. The lowest BCUT2D eigenvalue weighted by Crippen LogP contribution is -2.14. The summed E-state index contributed by atoms with van der Waals surface area (Å²) in [5.74, 6) is -0.614. The van der Waals surface area contributed by atoms with Crippen LogP contribution in [0, 0.1) is 0 Å². The molecule has 1 N–H and O–H groups in total. The predicted molar refractivity (Wildman–Crippen MR) is 87.8 cm³/mol. The van der Waals surface area contributed by atoms with Gasteiger partial charge < -0.3 is 9.84 Å². The Morgan fingerprint density at radius 3 is 2.32 bits per heavy atom. The Morgan fingerprint density at radius 1 is 1.14 bits per heavy atom. The molecule has 3 nitrogen and oxygen atoms in total. The molecule has 0 aliphatic rings. The van der Waals surface area contributed by atoms with Gasteiger partial charge in [-0.25, -0.2) is 0 Å². The Balaban J connectivity index is 2.11. The van der Waals surface area contributed by atoms with Gasteiger partial charge in [-0.05, 0) is 48.2 Å². The van der Waals surface area contributed by atoms with E-state index in [0.29, 0.717) is 18.1 Å². The van der Waals surface area contributed by atoms with Crippen LogP contribution < -0.4 is 4.74 Å². The molecule has 22 heavy (non-hydrogen) atoms. The average molecular weight is 319 g/mol. The molecule has 0 aromatic heterocycles. The van der Waals surface area contributed by atoms with Crippen molar-refractivity contribution < 1.29 is 14.6 Å². The summed E-state index contributed by atoms with van der Waals surface area (Å²) < 4.78 is 5.53. The third kappa shape index (κ3) is 4.50. The first-order valence-electron chi connectivity index (χ1n) is 7.30. The third-order valence-electron chi connectivity index (χ3n) is 3.41. The molecule has 1 atom stereocenters. The summed E-state index contributed by atoms with van der Waals surface area (Å²) in [6, 6.07) is 14.5. The quantitative estimate of drug-likeness (QED) is 0.815. The fourth-order valence-electron chi connectivity index (χ4n) is 2.22. The molecule has 0 fully saturated rings. The zero-order valence-corrected chi connectivity index (χ0v) is 13.2. The van der Waals surface area contributed by atoms with E-state index in [1.807, 2.05) is 24.3 Å². The van der Waals surface area contributed by atoms with Gasteiger partial charge in [-0.15, -0.1) is 0 Å². The molecule has 0 amide bonds. The molecule has 2 aromatic carbocycles. The molecule has 0 aliphatic heterocycles. The second kappa shape index (κ2) is 7.85. The molecule has 0 saturated heterocycles. The second-order valence-electron chi connectivity index (χ2n) is 5.14. The summed E-state index contributed by atoms with van der Waals surface area (Å²) in [5, 5.41) is 10.1. The smallest absolute Gasteiger partial charge is 0.311 e. The van der Waals surface area contributed by atoms with Crippen molar-refractivity contribution in [1.82, 2.24) is 0 Å². The van der Waals surface area contributed by atoms with E-state index in [4.69, 9.17) is 16.3 Å². The van der Waals surface area contributed by atoms with Crippen LogP contribution in [0.4, 0.5) is 0 Å². The van der Waals surface area contributed by atoms with Crippen LogP contribution in [0.1, 0.15) is 30.4 Å². The SMILES string of the molecule is CCCOc1ccc(CC(C(=O)O)c2ccc(Cl)cc2)cc1. The van der Waals surface area contributed by atoms with E-state index in [9.17, 15) is 9.90 Å². The van der Waals surface area contributed by atoms with Gasteiger partial charge in [-0.1, -0.05) is 42.8 Å². The van der Waals surface area contributed by atoms with Gasteiger partial charge in [0.2, 0.25) is 0 Å². The molecule has 0 radical (unpaired) electrons. The molecule has 116 valence electrons. The van der Waals surface area contributed by atoms with E-state index in [1.165, 1.54) is 0 Å². The highest BCUT2D eigenvalue weighted by Gasteiger charge is 2.20. The maximum absolute atomic E-state index is 11.5. The van der Waals surface area contributed by atoms with Crippen molar-refractivity contribution in [2.24, 2.45) is 0 Å². The minimum atomic E-state index is -0.839. The maximum Gasteiger partial charge on any atom is 0.311 e. The number of carboxylic acids is 1. The number of benzene rings is 2. The Labute approximate surface area is 135 Å². The van der Waals surface area contributed by atoms with Crippen molar-refractivity contribution in [1.29, 1.82) is 0 Å². The van der Waals surface area contributed by atoms with E-state index in [0.717, 1.165) is 23.3 Å². The van der Waals surface area contributed by atoms with Crippen LogP contribution in [0.3, 0.4) is 0 Å². The van der Waals surface area contributed by atoms with Gasteiger partial charge >= 0.3 is 5.97 Å². The van der Waals surface area contributed by atoms with Crippen LogP contribution in [0.2, 0.25) is 5.02 Å². The molecule has 1 unspecified atom stereocenters. The highest BCUT2D eigenvalue weighted by Crippen LogP contribution is 2.24. The predicted octanol–water partition coefficient (Wildman–Crippen LogP) is 4.54. The largest absolute Gasteiger partial charge is 0.494 e. The normalized spacial score (nSPS) is 11.9. The Morgan fingerprint density at radius 2 is 1.77 bits per heavy atom. The lowest BCUT2D eigenvalue weighted by Gasteiger charge is -2.13. The first-order valence-corrected chi connectivity index (χ1v) is 7.68. The zero-order valence-electron chi connectivity index (χ0n) is 12.5. The van der Waals surface area contributed by atoms with Crippen LogP contribution in [-0.2, 0) is 11.2 Å². The van der Waals surface area contributed by atoms with Gasteiger partial charge in [-0.3, -0.25) is 4.79 Å². The van der Waals surface area contributed by atoms with Gasteiger partial charge in [-0.2, -0.15) is 0 Å².